The lowest BCUT2D eigenvalue weighted by atomic mass is 9.97. The molecule has 0 radical (unpaired) electrons. The quantitative estimate of drug-likeness (QED) is 0.297. The largest absolute Gasteiger partial charge is 0.470 e. The zero-order chi connectivity index (χ0) is 14.8. The molecule has 0 aromatic rings. The summed E-state index contributed by atoms with van der Waals surface area (Å²) < 4.78 is 20.0. The Morgan fingerprint density at radius 2 is 2.00 bits per heavy atom. The Bertz CT molecular complexity index is 371. The first-order valence-corrected chi connectivity index (χ1v) is 6.82. The Morgan fingerprint density at radius 3 is 2.42 bits per heavy atom. The maximum absolute atomic E-state index is 10.9. The molecule has 0 saturated carbocycles. The molecule has 1 rings (SSSR count). The second-order valence-electron chi connectivity index (χ2n) is 4.03. The van der Waals surface area contributed by atoms with Gasteiger partial charge in [-0.3, -0.25) is 9.32 Å². The van der Waals surface area contributed by atoms with Crippen molar-refractivity contribution in [2.75, 3.05) is 6.61 Å². The molecule has 0 aromatic heterocycles. The van der Waals surface area contributed by atoms with Gasteiger partial charge in [0, 0.05) is 6.92 Å². The highest BCUT2D eigenvalue weighted by Gasteiger charge is 2.47. The molecule has 112 valence electrons. The fraction of sp³-hybridized carbons (Fsp3) is 0.875. The van der Waals surface area contributed by atoms with Crippen LogP contribution in [0.5, 0.6) is 0 Å². The number of nitrogens with one attached hydrogen (secondary N) is 1. The Kier molecular flexibility index (Phi) is 5.42. The topological polar surface area (TPSA) is 166 Å². The third kappa shape index (κ3) is 4.48. The van der Waals surface area contributed by atoms with E-state index in [0.29, 0.717) is 0 Å². The standard InChI is InChI=1S/C8H16NO9P/c1-3(11)9-5-6(12)7(18-19(14,15)16)4(2-10)17-8(5)13/h4-8,10,12-13H,2H2,1H3,(H,9,11)(H2,14,15,16)/t4-,5-,6-,7-,8-/m1/s1. The Labute approximate surface area is 108 Å². The number of aliphatic hydroxyl groups excluding tert-OH is 3. The highest BCUT2D eigenvalue weighted by Crippen LogP contribution is 2.41. The summed E-state index contributed by atoms with van der Waals surface area (Å²) in [4.78, 5) is 28.4. The van der Waals surface area contributed by atoms with E-state index in [2.05, 4.69) is 9.84 Å². The number of phosphoric ester groups is 1. The monoisotopic (exact) mass is 301 g/mol. The summed E-state index contributed by atoms with van der Waals surface area (Å²) in [6.45, 7) is 0.377. The van der Waals surface area contributed by atoms with E-state index in [9.17, 15) is 19.6 Å². The van der Waals surface area contributed by atoms with Gasteiger partial charge in [-0.05, 0) is 0 Å². The predicted molar refractivity (Wildman–Crippen MR) is 58.5 cm³/mol. The Morgan fingerprint density at radius 1 is 1.42 bits per heavy atom. The number of ether oxygens (including phenoxy) is 1. The lowest BCUT2D eigenvalue weighted by Crippen LogP contribution is -2.64. The van der Waals surface area contributed by atoms with Gasteiger partial charge in [0.15, 0.2) is 6.29 Å². The Hall–Kier alpha value is -0.580. The van der Waals surface area contributed by atoms with Crippen molar-refractivity contribution in [2.45, 2.75) is 37.6 Å². The first kappa shape index (κ1) is 16.5. The van der Waals surface area contributed by atoms with E-state index in [1.54, 1.807) is 0 Å². The van der Waals surface area contributed by atoms with Crippen LogP contribution in [0.3, 0.4) is 0 Å². The van der Waals surface area contributed by atoms with Gasteiger partial charge in [0.1, 0.15) is 24.4 Å². The molecule has 1 amide bonds. The molecular formula is C8H16NO9P. The first-order chi connectivity index (χ1) is 8.65. The summed E-state index contributed by atoms with van der Waals surface area (Å²) in [5, 5.41) is 30.6. The molecule has 0 bridgehead atoms. The van der Waals surface area contributed by atoms with E-state index in [4.69, 9.17) is 19.6 Å². The van der Waals surface area contributed by atoms with Crippen LogP contribution in [0.1, 0.15) is 6.92 Å². The lowest BCUT2D eigenvalue weighted by molar-refractivity contribution is -0.250. The second kappa shape index (κ2) is 6.25. The van der Waals surface area contributed by atoms with Crippen LogP contribution >= 0.6 is 7.82 Å². The summed E-state index contributed by atoms with van der Waals surface area (Å²) in [6, 6.07) is -1.34. The minimum atomic E-state index is -4.95. The number of aliphatic hydroxyl groups is 3. The van der Waals surface area contributed by atoms with Gasteiger partial charge in [-0.15, -0.1) is 0 Å². The van der Waals surface area contributed by atoms with E-state index in [-0.39, 0.29) is 0 Å². The van der Waals surface area contributed by atoms with Crippen LogP contribution in [0.4, 0.5) is 0 Å². The molecule has 10 nitrogen and oxygen atoms in total. The van der Waals surface area contributed by atoms with Crippen molar-refractivity contribution in [3.8, 4) is 0 Å². The van der Waals surface area contributed by atoms with E-state index in [1.807, 2.05) is 0 Å². The van der Waals surface area contributed by atoms with E-state index < -0.39 is 51.0 Å². The summed E-state index contributed by atoms with van der Waals surface area (Å²) >= 11 is 0. The Balaban J connectivity index is 2.91. The van der Waals surface area contributed by atoms with Gasteiger partial charge in [0.25, 0.3) is 0 Å². The van der Waals surface area contributed by atoms with Crippen LogP contribution in [-0.4, -0.2) is 68.3 Å². The minimum absolute atomic E-state index is 0.593. The molecule has 1 aliphatic rings. The van der Waals surface area contributed by atoms with E-state index in [1.165, 1.54) is 0 Å². The van der Waals surface area contributed by atoms with Crippen LogP contribution in [0.15, 0.2) is 0 Å². The maximum atomic E-state index is 10.9. The molecule has 5 atom stereocenters. The van der Waals surface area contributed by atoms with Crippen LogP contribution < -0.4 is 5.32 Å². The lowest BCUT2D eigenvalue weighted by Gasteiger charge is -2.41. The van der Waals surface area contributed by atoms with E-state index in [0.717, 1.165) is 6.92 Å². The van der Waals surface area contributed by atoms with Crippen LogP contribution in [-0.2, 0) is 18.6 Å². The van der Waals surface area contributed by atoms with Crippen LogP contribution in [0.2, 0.25) is 0 Å². The average molecular weight is 301 g/mol. The van der Waals surface area contributed by atoms with Gasteiger partial charge in [-0.2, -0.15) is 0 Å². The fourth-order valence-corrected chi connectivity index (χ4v) is 2.34. The number of hydrogen-bond acceptors (Lipinski definition) is 7. The molecule has 0 aromatic carbocycles. The van der Waals surface area contributed by atoms with Gasteiger partial charge in [-0.25, -0.2) is 4.57 Å². The van der Waals surface area contributed by atoms with Crippen molar-refractivity contribution in [1.82, 2.24) is 5.32 Å². The number of hydrogen-bond donors (Lipinski definition) is 6. The van der Waals surface area contributed by atoms with Gasteiger partial charge in [0.2, 0.25) is 5.91 Å². The van der Waals surface area contributed by atoms with Crippen LogP contribution in [0.25, 0.3) is 0 Å². The zero-order valence-corrected chi connectivity index (χ0v) is 10.8. The van der Waals surface area contributed by atoms with Gasteiger partial charge in [0.05, 0.1) is 6.61 Å². The molecule has 1 heterocycles. The molecular weight excluding hydrogens is 285 g/mol. The molecule has 1 saturated heterocycles. The molecule has 1 fully saturated rings. The third-order valence-electron chi connectivity index (χ3n) is 2.50. The number of carbonyl (C=O) groups excluding carboxylic acids is 1. The molecule has 1 aliphatic heterocycles. The maximum Gasteiger partial charge on any atom is 0.470 e. The third-order valence-corrected chi connectivity index (χ3v) is 3.02. The normalized spacial score (nSPS) is 36.0. The van der Waals surface area contributed by atoms with Gasteiger partial charge >= 0.3 is 7.82 Å². The molecule has 11 heteroatoms. The summed E-state index contributed by atoms with van der Waals surface area (Å²) in [5.41, 5.74) is 0. The fourth-order valence-electron chi connectivity index (χ4n) is 1.76. The average Bonchev–Trinajstić information content (AvgIpc) is 2.26. The van der Waals surface area contributed by atoms with E-state index >= 15 is 0 Å². The summed E-state index contributed by atoms with van der Waals surface area (Å²) in [5.74, 6) is -0.593. The van der Waals surface area contributed by atoms with Crippen molar-refractivity contribution in [2.24, 2.45) is 0 Å². The van der Waals surface area contributed by atoms with Crippen molar-refractivity contribution in [3.63, 3.8) is 0 Å². The van der Waals surface area contributed by atoms with Crippen molar-refractivity contribution in [1.29, 1.82) is 0 Å². The summed E-state index contributed by atoms with van der Waals surface area (Å²) in [7, 11) is -4.95. The smallest absolute Gasteiger partial charge is 0.394 e. The SMILES string of the molecule is CC(=O)N[C@@H]1[C@@H](O)[C@H](OP(=O)(O)O)[C@@H](CO)O[C@H]1O. The zero-order valence-electron chi connectivity index (χ0n) is 9.91. The van der Waals surface area contributed by atoms with Gasteiger partial charge < -0.3 is 35.2 Å². The first-order valence-electron chi connectivity index (χ1n) is 5.29. The minimum Gasteiger partial charge on any atom is -0.394 e. The van der Waals surface area contributed by atoms with Crippen molar-refractivity contribution >= 4 is 13.7 Å². The second-order valence-corrected chi connectivity index (χ2v) is 5.22. The highest BCUT2D eigenvalue weighted by atomic mass is 31.2. The highest BCUT2D eigenvalue weighted by molar-refractivity contribution is 7.46. The number of amides is 1. The predicted octanol–water partition coefficient (Wildman–Crippen LogP) is -2.96. The van der Waals surface area contributed by atoms with Crippen LogP contribution in [0, 0.1) is 0 Å². The number of rotatable bonds is 4. The summed E-state index contributed by atoms with van der Waals surface area (Å²) in [6.07, 6.45) is -6.26. The molecule has 0 unspecified atom stereocenters. The van der Waals surface area contributed by atoms with Crippen molar-refractivity contribution < 1.29 is 43.7 Å². The van der Waals surface area contributed by atoms with Crippen molar-refractivity contribution in [3.05, 3.63) is 0 Å². The molecule has 19 heavy (non-hydrogen) atoms. The molecule has 0 spiro atoms. The van der Waals surface area contributed by atoms with Gasteiger partial charge in [-0.1, -0.05) is 0 Å². The number of carbonyl (C=O) groups is 1. The molecule has 0 aliphatic carbocycles. The number of phosphoric acid groups is 1. The molecule has 6 N–H and O–H groups in total.